The third-order valence-corrected chi connectivity index (χ3v) is 2.06. The Morgan fingerprint density at radius 2 is 2.17 bits per heavy atom. The normalized spacial score (nSPS) is 15.0. The van der Waals surface area contributed by atoms with Gasteiger partial charge in [-0.25, -0.2) is 0 Å². The van der Waals surface area contributed by atoms with E-state index in [4.69, 9.17) is 8.50 Å². The number of rotatable bonds is 2. The molecule has 0 aliphatic carbocycles. The predicted octanol–water partition coefficient (Wildman–Crippen LogP) is -0.724. The molecule has 2 nitrogen and oxygen atoms in total. The van der Waals surface area contributed by atoms with Gasteiger partial charge in [-0.05, 0) is 0 Å². The van der Waals surface area contributed by atoms with E-state index in [1.54, 1.807) is 7.11 Å². The zero-order valence-corrected chi connectivity index (χ0v) is 8.59. The van der Waals surface area contributed by atoms with E-state index in [2.05, 4.69) is 0 Å². The van der Waals surface area contributed by atoms with Gasteiger partial charge in [-0.15, -0.1) is 0 Å². The molecule has 0 aromatic rings. The molecule has 0 saturated carbocycles. The Balaban J connectivity index is 2.75. The first-order valence-corrected chi connectivity index (χ1v) is 3.58. The molecule has 0 amide bonds. The Bertz CT molecular complexity index is 28.0. The van der Waals surface area contributed by atoms with Crippen LogP contribution in [-0.2, 0) is 8.50 Å². The second-order valence-electron chi connectivity index (χ2n) is 1.04. The SMILES string of the molecule is COC(C)[O][GeH3]. The predicted molar refractivity (Wildman–Crippen MR) is 27.5 cm³/mol. The van der Waals surface area contributed by atoms with Gasteiger partial charge in [0.05, 0.1) is 0 Å². The molecule has 0 aromatic heterocycles. The Hall–Kier alpha value is 0.463. The van der Waals surface area contributed by atoms with Crippen LogP contribution in [0.2, 0.25) is 0 Å². The van der Waals surface area contributed by atoms with Gasteiger partial charge in [-0.2, -0.15) is 0 Å². The summed E-state index contributed by atoms with van der Waals surface area (Å²) in [6.07, 6.45) is 0.0185. The zero-order valence-electron chi connectivity index (χ0n) is 4.39. The van der Waals surface area contributed by atoms with E-state index in [1.807, 2.05) is 6.92 Å². The van der Waals surface area contributed by atoms with E-state index in [0.717, 1.165) is 0 Å². The summed E-state index contributed by atoms with van der Waals surface area (Å²) in [6, 6.07) is 0. The van der Waals surface area contributed by atoms with Crippen LogP contribution in [-0.4, -0.2) is 30.3 Å². The minimum absolute atomic E-state index is 0.0185. The first-order chi connectivity index (χ1) is 2.81. The van der Waals surface area contributed by atoms with Crippen molar-refractivity contribution in [2.45, 2.75) is 13.2 Å². The molecule has 0 N–H and O–H groups in total. The van der Waals surface area contributed by atoms with Crippen molar-refractivity contribution in [2.75, 3.05) is 7.11 Å². The number of ether oxygens (including phenoxy) is 1. The molecule has 0 rings (SSSR count). The summed E-state index contributed by atoms with van der Waals surface area (Å²) in [5.41, 5.74) is 0. The fraction of sp³-hybridized carbons (Fsp3) is 1.00. The summed E-state index contributed by atoms with van der Waals surface area (Å²) in [6.45, 7) is 1.88. The van der Waals surface area contributed by atoms with Crippen molar-refractivity contribution in [3.8, 4) is 0 Å². The van der Waals surface area contributed by atoms with E-state index in [-0.39, 0.29) is 6.29 Å². The number of methoxy groups -OCH3 is 1. The van der Waals surface area contributed by atoms with Gasteiger partial charge in [0.25, 0.3) is 0 Å². The van der Waals surface area contributed by atoms with Gasteiger partial charge in [0.1, 0.15) is 0 Å². The van der Waals surface area contributed by atoms with Crippen molar-refractivity contribution in [1.29, 1.82) is 0 Å². The molecule has 3 heteroatoms. The van der Waals surface area contributed by atoms with Crippen molar-refractivity contribution in [3.05, 3.63) is 0 Å². The van der Waals surface area contributed by atoms with Gasteiger partial charge in [-0.3, -0.25) is 0 Å². The fourth-order valence-electron chi connectivity index (χ4n) is 0.0962. The first kappa shape index (κ1) is 6.46. The molecule has 0 saturated heterocycles. The molecule has 6 heavy (non-hydrogen) atoms. The summed E-state index contributed by atoms with van der Waals surface area (Å²) in [7, 11) is 1.64. The number of hydrogen-bond acceptors (Lipinski definition) is 2. The Morgan fingerprint density at radius 1 is 1.67 bits per heavy atom. The summed E-state index contributed by atoms with van der Waals surface area (Å²) < 4.78 is 9.59. The Morgan fingerprint density at radius 3 is 2.17 bits per heavy atom. The second-order valence-corrected chi connectivity index (χ2v) is 2.03. The van der Waals surface area contributed by atoms with E-state index >= 15 is 0 Å². The van der Waals surface area contributed by atoms with Gasteiger partial charge in [0, 0.05) is 0 Å². The average Bonchev–Trinajstić information content (AvgIpc) is 1.65. The molecule has 1 atom stereocenters. The summed E-state index contributed by atoms with van der Waals surface area (Å²) in [5.74, 6) is 0. The molecule has 0 fully saturated rings. The van der Waals surface area contributed by atoms with Gasteiger partial charge in [0.15, 0.2) is 0 Å². The Kier molecular flexibility index (Phi) is 3.93. The third kappa shape index (κ3) is 2.69. The number of hydrogen-bond donors (Lipinski definition) is 0. The van der Waals surface area contributed by atoms with Crippen LogP contribution in [0.5, 0.6) is 0 Å². The van der Waals surface area contributed by atoms with Gasteiger partial charge < -0.3 is 0 Å². The molecule has 0 aliphatic rings. The zero-order chi connectivity index (χ0) is 4.99. The van der Waals surface area contributed by atoms with Crippen molar-refractivity contribution >= 4 is 16.9 Å². The quantitative estimate of drug-likeness (QED) is 0.382. The molecule has 0 aromatic carbocycles. The fourth-order valence-corrected chi connectivity index (χ4v) is 0.500. The van der Waals surface area contributed by atoms with Crippen LogP contribution in [0.1, 0.15) is 6.92 Å². The van der Waals surface area contributed by atoms with Crippen molar-refractivity contribution in [3.63, 3.8) is 0 Å². The van der Waals surface area contributed by atoms with E-state index in [0.29, 0.717) is 16.9 Å². The van der Waals surface area contributed by atoms with Gasteiger partial charge >= 0.3 is 45.7 Å². The molecule has 0 bridgehead atoms. The van der Waals surface area contributed by atoms with Gasteiger partial charge in [0.2, 0.25) is 0 Å². The van der Waals surface area contributed by atoms with Gasteiger partial charge in [-0.1, -0.05) is 0 Å². The van der Waals surface area contributed by atoms with Crippen molar-refractivity contribution < 1.29 is 8.50 Å². The molecular weight excluding hydrogens is 141 g/mol. The van der Waals surface area contributed by atoms with Crippen LogP contribution in [0.3, 0.4) is 0 Å². The summed E-state index contributed by atoms with van der Waals surface area (Å²) in [5, 5.41) is 0. The van der Waals surface area contributed by atoms with Crippen LogP contribution in [0.4, 0.5) is 0 Å². The van der Waals surface area contributed by atoms with E-state index in [1.165, 1.54) is 0 Å². The van der Waals surface area contributed by atoms with Crippen LogP contribution < -0.4 is 0 Å². The molecule has 1 unspecified atom stereocenters. The minimum atomic E-state index is 0.0185. The maximum absolute atomic E-state index is 4.86. The van der Waals surface area contributed by atoms with Crippen molar-refractivity contribution in [2.24, 2.45) is 0 Å². The molecule has 0 heterocycles. The van der Waals surface area contributed by atoms with E-state index in [9.17, 15) is 0 Å². The van der Waals surface area contributed by atoms with Crippen LogP contribution in [0.15, 0.2) is 0 Å². The average molecular weight is 151 g/mol. The molecule has 0 radical (unpaired) electrons. The van der Waals surface area contributed by atoms with Crippen LogP contribution in [0, 0.1) is 0 Å². The summed E-state index contributed by atoms with van der Waals surface area (Å²) >= 11 is 0.461. The standard InChI is InChI=1S/C3H10GeO2/c1-3(5-2)6-4/h3H,1-2,4H3. The van der Waals surface area contributed by atoms with Crippen LogP contribution in [0.25, 0.3) is 0 Å². The second kappa shape index (κ2) is 3.65. The van der Waals surface area contributed by atoms with Crippen LogP contribution >= 0.6 is 0 Å². The monoisotopic (exact) mass is 152 g/mol. The van der Waals surface area contributed by atoms with E-state index < -0.39 is 0 Å². The molecule has 0 aliphatic heterocycles. The molecular formula is C3H10GeO2. The summed E-state index contributed by atoms with van der Waals surface area (Å²) in [4.78, 5) is 0. The Labute approximate surface area is 46.4 Å². The van der Waals surface area contributed by atoms with Crippen molar-refractivity contribution in [1.82, 2.24) is 0 Å². The molecule has 0 spiro atoms. The first-order valence-electron chi connectivity index (χ1n) is 1.87. The third-order valence-electron chi connectivity index (χ3n) is 0.664. The maximum atomic E-state index is 4.86. The molecule has 38 valence electrons. The topological polar surface area (TPSA) is 18.5 Å².